The lowest BCUT2D eigenvalue weighted by Gasteiger charge is -2.26. The number of benzene rings is 2. The Morgan fingerprint density at radius 3 is 2.49 bits per heavy atom. The molecule has 1 aliphatic heterocycles. The molecule has 1 fully saturated rings. The third-order valence-corrected chi connectivity index (χ3v) is 6.84. The Morgan fingerprint density at radius 1 is 1.07 bits per heavy atom. The van der Waals surface area contributed by atoms with Crippen molar-refractivity contribution in [1.29, 1.82) is 0 Å². The summed E-state index contributed by atoms with van der Waals surface area (Å²) in [7, 11) is -0.968. The number of methoxy groups -OCH3 is 1. The number of nitrogen functional groups attached to an aromatic ring is 1. The van der Waals surface area contributed by atoms with Crippen LogP contribution in [0.2, 0.25) is 0 Å². The van der Waals surface area contributed by atoms with E-state index in [2.05, 4.69) is 15.0 Å². The van der Waals surface area contributed by atoms with Gasteiger partial charge in [0.15, 0.2) is 23.1 Å². The van der Waals surface area contributed by atoms with Crippen molar-refractivity contribution >= 4 is 26.7 Å². The summed E-state index contributed by atoms with van der Waals surface area (Å²) in [6.07, 6.45) is 3.94. The number of pyridine rings is 1. The first-order valence-electron chi connectivity index (χ1n) is 12.7. The number of hydrogen-bond acceptors (Lipinski definition) is 10. The molecule has 0 aliphatic carbocycles. The Kier molecular flexibility index (Phi) is 9.94. The molecule has 220 valence electrons. The van der Waals surface area contributed by atoms with Crippen molar-refractivity contribution < 1.29 is 36.3 Å². The number of nitrogens with zero attached hydrogens (tertiary/aromatic N) is 4. The Balaban J connectivity index is 0.000000328. The van der Waals surface area contributed by atoms with Crippen molar-refractivity contribution in [3.8, 4) is 23.0 Å². The molecule has 5 rings (SSSR count). The first kappa shape index (κ1) is 30.0. The lowest BCUT2D eigenvalue weighted by molar-refractivity contribution is 0.0357. The van der Waals surface area contributed by atoms with Crippen LogP contribution in [0.3, 0.4) is 0 Å². The van der Waals surface area contributed by atoms with Gasteiger partial charge < -0.3 is 24.7 Å². The predicted molar refractivity (Wildman–Crippen MR) is 150 cm³/mol. The van der Waals surface area contributed by atoms with Gasteiger partial charge >= 0.3 is 10.1 Å². The topological polar surface area (TPSA) is 151 Å². The molecular weight excluding hydrogens is 557 g/mol. The number of hydrogen-bond donors (Lipinski definition) is 2. The second kappa shape index (κ2) is 13.6. The SMILES string of the molecule is COc1cc2c(Oc3ccc(N)cc3F)ccnc2cc1OCCCN1CCOCC1.Cn1ccc(S(=O)(=O)O)n1. The van der Waals surface area contributed by atoms with Gasteiger partial charge in [-0.05, 0) is 36.8 Å². The standard InChI is InChI=1S/C23H26FN3O4.C4H6N2O3S/c1-28-22-14-17-19(15-23(22)30-10-2-7-27-8-11-29-12-9-27)26-6-5-20(17)31-21-4-3-16(25)13-18(21)24;1-6-3-2-4(5-6)10(7,8)9/h3-6,13-15H,2,7-12,25H2,1H3;2-3H,1H3,(H,7,8,9). The van der Waals surface area contributed by atoms with Crippen molar-refractivity contribution in [1.82, 2.24) is 19.7 Å². The van der Waals surface area contributed by atoms with Crippen LogP contribution in [0.15, 0.2) is 59.9 Å². The van der Waals surface area contributed by atoms with Gasteiger partial charge in [0.2, 0.25) is 5.03 Å². The van der Waals surface area contributed by atoms with Crippen LogP contribution < -0.4 is 19.9 Å². The molecule has 0 bridgehead atoms. The minimum Gasteiger partial charge on any atom is -0.493 e. The minimum absolute atomic E-state index is 0.0871. The molecule has 0 atom stereocenters. The van der Waals surface area contributed by atoms with E-state index in [1.165, 1.54) is 29.1 Å². The van der Waals surface area contributed by atoms with Gasteiger partial charge in [0, 0.05) is 62.3 Å². The summed E-state index contributed by atoms with van der Waals surface area (Å²) in [5.41, 5.74) is 6.61. The number of fused-ring (bicyclic) bond motifs is 1. The van der Waals surface area contributed by atoms with Crippen LogP contribution in [0.5, 0.6) is 23.0 Å². The van der Waals surface area contributed by atoms with Crippen LogP contribution in [0.4, 0.5) is 10.1 Å². The van der Waals surface area contributed by atoms with Crippen molar-refractivity contribution in [2.75, 3.05) is 52.3 Å². The van der Waals surface area contributed by atoms with E-state index in [9.17, 15) is 12.8 Å². The third-order valence-electron chi connectivity index (χ3n) is 6.10. The van der Waals surface area contributed by atoms with E-state index in [-0.39, 0.29) is 10.8 Å². The van der Waals surface area contributed by atoms with Gasteiger partial charge in [0.05, 0.1) is 32.4 Å². The molecule has 0 radical (unpaired) electrons. The Hall–Kier alpha value is -3.98. The van der Waals surface area contributed by atoms with Gasteiger partial charge in [-0.25, -0.2) is 4.39 Å². The molecular formula is C27H32FN5O7S. The summed E-state index contributed by atoms with van der Waals surface area (Å²) >= 11 is 0. The van der Waals surface area contributed by atoms with Crippen LogP contribution in [-0.4, -0.2) is 79.2 Å². The zero-order valence-electron chi connectivity index (χ0n) is 22.7. The number of rotatable bonds is 9. The number of morpholine rings is 1. The first-order chi connectivity index (χ1) is 19.6. The highest BCUT2D eigenvalue weighted by atomic mass is 32.2. The summed E-state index contributed by atoms with van der Waals surface area (Å²) in [5.74, 6) is 1.20. The highest BCUT2D eigenvalue weighted by molar-refractivity contribution is 7.85. The second-order valence-electron chi connectivity index (χ2n) is 9.08. The van der Waals surface area contributed by atoms with Gasteiger partial charge in [-0.1, -0.05) is 0 Å². The predicted octanol–water partition coefficient (Wildman–Crippen LogP) is 3.52. The Bertz CT molecular complexity index is 1580. The van der Waals surface area contributed by atoms with Gasteiger partial charge in [-0.15, -0.1) is 0 Å². The molecule has 1 aliphatic rings. The van der Waals surface area contributed by atoms with E-state index in [0.717, 1.165) is 39.3 Å². The fraction of sp³-hybridized carbons (Fsp3) is 0.333. The van der Waals surface area contributed by atoms with Gasteiger partial charge in [0.25, 0.3) is 0 Å². The molecule has 2 aromatic heterocycles. The number of halogens is 1. The monoisotopic (exact) mass is 589 g/mol. The summed E-state index contributed by atoms with van der Waals surface area (Å²) < 4.78 is 67.2. The first-order valence-corrected chi connectivity index (χ1v) is 14.2. The summed E-state index contributed by atoms with van der Waals surface area (Å²) in [4.78, 5) is 6.77. The van der Waals surface area contributed by atoms with Crippen LogP contribution in [0.25, 0.3) is 10.9 Å². The maximum absolute atomic E-state index is 14.2. The average molecular weight is 590 g/mol. The van der Waals surface area contributed by atoms with Crippen molar-refractivity contribution in [3.63, 3.8) is 0 Å². The van der Waals surface area contributed by atoms with Gasteiger partial charge in [0.1, 0.15) is 5.75 Å². The highest BCUT2D eigenvalue weighted by Gasteiger charge is 2.15. The Labute approximate surface area is 237 Å². The van der Waals surface area contributed by atoms with E-state index in [0.29, 0.717) is 40.4 Å². The summed E-state index contributed by atoms with van der Waals surface area (Å²) in [5, 5.41) is 3.83. The summed E-state index contributed by atoms with van der Waals surface area (Å²) in [6.45, 7) is 5.02. The lowest BCUT2D eigenvalue weighted by atomic mass is 10.1. The molecule has 41 heavy (non-hydrogen) atoms. The van der Waals surface area contributed by atoms with Gasteiger partial charge in [-0.2, -0.15) is 13.5 Å². The molecule has 3 heterocycles. The van der Waals surface area contributed by atoms with E-state index >= 15 is 0 Å². The third kappa shape index (κ3) is 8.27. The largest absolute Gasteiger partial charge is 0.493 e. The fourth-order valence-corrected chi connectivity index (χ4v) is 4.50. The maximum atomic E-state index is 14.2. The van der Waals surface area contributed by atoms with Gasteiger partial charge in [-0.3, -0.25) is 19.1 Å². The van der Waals surface area contributed by atoms with E-state index in [4.69, 9.17) is 29.2 Å². The summed E-state index contributed by atoms with van der Waals surface area (Å²) in [6, 6.07) is 10.8. The molecule has 4 aromatic rings. The van der Waals surface area contributed by atoms with E-state index in [1.54, 1.807) is 38.6 Å². The number of nitrogens with two attached hydrogens (primary N) is 1. The zero-order valence-corrected chi connectivity index (χ0v) is 23.5. The minimum atomic E-state index is -4.11. The normalized spacial score (nSPS) is 13.9. The maximum Gasteiger partial charge on any atom is 0.313 e. The highest BCUT2D eigenvalue weighted by Crippen LogP contribution is 2.37. The number of aromatic nitrogens is 3. The van der Waals surface area contributed by atoms with Crippen molar-refractivity contribution in [3.05, 3.63) is 60.7 Å². The van der Waals surface area contributed by atoms with Crippen molar-refractivity contribution in [2.24, 2.45) is 7.05 Å². The Morgan fingerprint density at radius 2 is 1.85 bits per heavy atom. The van der Waals surface area contributed by atoms with Crippen LogP contribution in [-0.2, 0) is 21.9 Å². The molecule has 14 heteroatoms. The molecule has 1 saturated heterocycles. The molecule has 0 amide bonds. The molecule has 3 N–H and O–H groups in total. The number of ether oxygens (including phenoxy) is 4. The quantitative estimate of drug-likeness (QED) is 0.168. The van der Waals surface area contributed by atoms with Crippen molar-refractivity contribution in [2.45, 2.75) is 11.4 Å². The van der Waals surface area contributed by atoms with Crippen LogP contribution in [0.1, 0.15) is 6.42 Å². The number of aryl methyl sites for hydroxylation is 1. The zero-order chi connectivity index (χ0) is 29.4. The molecule has 0 spiro atoms. The number of anilines is 1. The fourth-order valence-electron chi connectivity index (χ4n) is 4.03. The molecule has 2 aromatic carbocycles. The smallest absolute Gasteiger partial charge is 0.313 e. The second-order valence-corrected chi connectivity index (χ2v) is 10.4. The van der Waals surface area contributed by atoms with Crippen LogP contribution in [0, 0.1) is 5.82 Å². The molecule has 0 unspecified atom stereocenters. The van der Waals surface area contributed by atoms with E-state index in [1.807, 2.05) is 6.07 Å². The average Bonchev–Trinajstić information content (AvgIpc) is 3.40. The lowest BCUT2D eigenvalue weighted by Crippen LogP contribution is -2.37. The van der Waals surface area contributed by atoms with E-state index < -0.39 is 15.9 Å². The van der Waals surface area contributed by atoms with Crippen LogP contribution >= 0.6 is 0 Å². The molecule has 0 saturated carbocycles. The molecule has 12 nitrogen and oxygen atoms in total.